The van der Waals surface area contributed by atoms with Gasteiger partial charge < -0.3 is 5.32 Å². The van der Waals surface area contributed by atoms with Crippen molar-refractivity contribution in [1.82, 2.24) is 10.3 Å². The molecule has 2 nitrogen and oxygen atoms in total. The topological polar surface area (TPSA) is 24.9 Å². The second-order valence-corrected chi connectivity index (χ2v) is 6.73. The molecule has 0 fully saturated rings. The van der Waals surface area contributed by atoms with Crippen LogP contribution >= 0.6 is 11.3 Å². The number of benzene rings is 1. The summed E-state index contributed by atoms with van der Waals surface area (Å²) in [4.78, 5) is 5.94. The largest absolute Gasteiger partial charge is 0.306 e. The zero-order chi connectivity index (χ0) is 14.7. The van der Waals surface area contributed by atoms with Crippen LogP contribution in [0.2, 0.25) is 0 Å². The van der Waals surface area contributed by atoms with E-state index >= 15 is 0 Å². The fourth-order valence-corrected chi connectivity index (χ4v) is 3.67. The minimum Gasteiger partial charge on any atom is -0.306 e. The van der Waals surface area contributed by atoms with Crippen molar-refractivity contribution in [2.75, 3.05) is 6.54 Å². The lowest BCUT2D eigenvalue weighted by Crippen LogP contribution is -2.23. The molecule has 1 aromatic heterocycles. The second-order valence-electron chi connectivity index (χ2n) is 5.49. The summed E-state index contributed by atoms with van der Waals surface area (Å²) < 4.78 is 0. The molecule has 2 aromatic rings. The maximum Gasteiger partial charge on any atom is 0.0900 e. The van der Waals surface area contributed by atoms with Gasteiger partial charge in [0.05, 0.1) is 16.7 Å². The Hall–Kier alpha value is -1.19. The van der Waals surface area contributed by atoms with Crippen LogP contribution in [0.15, 0.2) is 18.2 Å². The van der Waals surface area contributed by atoms with E-state index in [2.05, 4.69) is 63.1 Å². The molecule has 1 aromatic carbocycles. The summed E-state index contributed by atoms with van der Waals surface area (Å²) in [6.45, 7) is 11.8. The number of aromatic nitrogens is 1. The van der Waals surface area contributed by atoms with Crippen molar-refractivity contribution in [1.29, 1.82) is 0 Å². The third-order valence-electron chi connectivity index (χ3n) is 3.38. The Kier molecular flexibility index (Phi) is 4.95. The summed E-state index contributed by atoms with van der Waals surface area (Å²) in [6, 6.07) is 7.06. The lowest BCUT2D eigenvalue weighted by molar-refractivity contribution is 0.602. The average molecular weight is 288 g/mol. The van der Waals surface area contributed by atoms with Crippen molar-refractivity contribution in [3.8, 4) is 0 Å². The van der Waals surface area contributed by atoms with Gasteiger partial charge in [0, 0.05) is 4.88 Å². The zero-order valence-corrected chi connectivity index (χ0v) is 13.9. The van der Waals surface area contributed by atoms with E-state index in [4.69, 9.17) is 0 Å². The first-order valence-corrected chi connectivity index (χ1v) is 8.08. The van der Waals surface area contributed by atoms with Gasteiger partial charge in [0.25, 0.3) is 0 Å². The monoisotopic (exact) mass is 288 g/mol. The first kappa shape index (κ1) is 15.2. The van der Waals surface area contributed by atoms with Crippen molar-refractivity contribution in [2.45, 2.75) is 47.1 Å². The van der Waals surface area contributed by atoms with E-state index in [1.54, 1.807) is 11.3 Å². The summed E-state index contributed by atoms with van der Waals surface area (Å²) in [5.41, 5.74) is 5.15. The van der Waals surface area contributed by atoms with E-state index in [-0.39, 0.29) is 6.04 Å². The fraction of sp³-hybridized carbons (Fsp3) is 0.471. The SMILES string of the molecule is CCCNC(c1cc(C)cc(C)c1)c1sc(C)nc1C. The first-order valence-electron chi connectivity index (χ1n) is 7.26. The molecule has 0 saturated heterocycles. The lowest BCUT2D eigenvalue weighted by atomic mass is 9.99. The molecule has 3 heteroatoms. The minimum atomic E-state index is 0.264. The Labute approximate surface area is 126 Å². The normalized spacial score (nSPS) is 12.7. The number of hydrogen-bond donors (Lipinski definition) is 1. The van der Waals surface area contributed by atoms with Crippen LogP contribution < -0.4 is 5.32 Å². The van der Waals surface area contributed by atoms with Gasteiger partial charge in [-0.15, -0.1) is 11.3 Å². The van der Waals surface area contributed by atoms with E-state index in [0.29, 0.717) is 0 Å². The van der Waals surface area contributed by atoms with Gasteiger partial charge in [-0.25, -0.2) is 4.98 Å². The van der Waals surface area contributed by atoms with Crippen LogP contribution in [0.3, 0.4) is 0 Å². The Morgan fingerprint density at radius 2 is 1.75 bits per heavy atom. The van der Waals surface area contributed by atoms with Crippen LogP contribution in [-0.4, -0.2) is 11.5 Å². The van der Waals surface area contributed by atoms with Crippen molar-refractivity contribution >= 4 is 11.3 Å². The minimum absolute atomic E-state index is 0.264. The number of thiazole rings is 1. The summed E-state index contributed by atoms with van der Waals surface area (Å²) >= 11 is 1.81. The number of rotatable bonds is 5. The maximum absolute atomic E-state index is 4.59. The number of aryl methyl sites for hydroxylation is 4. The highest BCUT2D eigenvalue weighted by molar-refractivity contribution is 7.11. The Balaban J connectivity index is 2.43. The Morgan fingerprint density at radius 3 is 2.25 bits per heavy atom. The van der Waals surface area contributed by atoms with Gasteiger partial charge in [-0.05, 0) is 46.2 Å². The molecule has 0 saturated carbocycles. The standard InChI is InChI=1S/C17H24N2S/c1-6-7-18-16(17-13(4)19-14(5)20-17)15-9-11(2)8-12(3)10-15/h8-10,16,18H,6-7H2,1-5H3. The number of hydrogen-bond acceptors (Lipinski definition) is 3. The molecule has 0 aliphatic heterocycles. The van der Waals surface area contributed by atoms with Gasteiger partial charge in [0.2, 0.25) is 0 Å². The predicted octanol–water partition coefficient (Wildman–Crippen LogP) is 4.47. The van der Waals surface area contributed by atoms with Crippen molar-refractivity contribution < 1.29 is 0 Å². The molecule has 0 radical (unpaired) electrons. The van der Waals surface area contributed by atoms with Crippen LogP contribution in [0.5, 0.6) is 0 Å². The molecule has 20 heavy (non-hydrogen) atoms. The van der Waals surface area contributed by atoms with Crippen molar-refractivity contribution in [3.63, 3.8) is 0 Å². The predicted molar refractivity (Wildman–Crippen MR) is 87.6 cm³/mol. The van der Waals surface area contributed by atoms with E-state index < -0.39 is 0 Å². The third kappa shape index (κ3) is 3.47. The summed E-state index contributed by atoms with van der Waals surface area (Å²) in [6.07, 6.45) is 1.14. The average Bonchev–Trinajstić information content (AvgIpc) is 2.68. The molecular formula is C17H24N2S. The van der Waals surface area contributed by atoms with E-state index in [1.165, 1.54) is 21.6 Å². The van der Waals surface area contributed by atoms with Crippen LogP contribution in [0.1, 0.15) is 51.7 Å². The Morgan fingerprint density at radius 1 is 1.10 bits per heavy atom. The van der Waals surface area contributed by atoms with E-state index in [9.17, 15) is 0 Å². The highest BCUT2D eigenvalue weighted by Crippen LogP contribution is 2.31. The number of nitrogens with one attached hydrogen (secondary N) is 1. The molecule has 0 aliphatic carbocycles. The van der Waals surface area contributed by atoms with E-state index in [0.717, 1.165) is 23.7 Å². The van der Waals surface area contributed by atoms with Crippen LogP contribution in [-0.2, 0) is 0 Å². The molecule has 0 bridgehead atoms. The van der Waals surface area contributed by atoms with Crippen molar-refractivity contribution in [2.24, 2.45) is 0 Å². The Bertz CT molecular complexity index is 566. The molecule has 108 valence electrons. The molecule has 1 atom stereocenters. The van der Waals surface area contributed by atoms with Crippen molar-refractivity contribution in [3.05, 3.63) is 50.5 Å². The molecule has 0 aliphatic rings. The molecule has 1 unspecified atom stereocenters. The number of nitrogens with zero attached hydrogens (tertiary/aromatic N) is 1. The summed E-state index contributed by atoms with van der Waals surface area (Å²) in [5, 5.41) is 4.82. The highest BCUT2D eigenvalue weighted by atomic mass is 32.1. The van der Waals surface area contributed by atoms with Crippen LogP contribution in [0.4, 0.5) is 0 Å². The maximum atomic E-state index is 4.59. The highest BCUT2D eigenvalue weighted by Gasteiger charge is 2.19. The van der Waals surface area contributed by atoms with Gasteiger partial charge in [-0.2, -0.15) is 0 Å². The molecular weight excluding hydrogens is 264 g/mol. The van der Waals surface area contributed by atoms with Gasteiger partial charge in [-0.1, -0.05) is 36.2 Å². The van der Waals surface area contributed by atoms with E-state index in [1.807, 2.05) is 0 Å². The van der Waals surface area contributed by atoms with Crippen LogP contribution in [0.25, 0.3) is 0 Å². The third-order valence-corrected chi connectivity index (χ3v) is 4.52. The first-order chi connectivity index (χ1) is 9.51. The van der Waals surface area contributed by atoms with Gasteiger partial charge in [-0.3, -0.25) is 0 Å². The molecule has 0 spiro atoms. The second kappa shape index (κ2) is 6.51. The van der Waals surface area contributed by atoms with Gasteiger partial charge in [0.1, 0.15) is 0 Å². The smallest absolute Gasteiger partial charge is 0.0900 e. The fourth-order valence-electron chi connectivity index (χ4n) is 2.64. The zero-order valence-electron chi connectivity index (χ0n) is 13.1. The molecule has 1 heterocycles. The molecule has 0 amide bonds. The quantitative estimate of drug-likeness (QED) is 0.878. The van der Waals surface area contributed by atoms with Gasteiger partial charge in [0.15, 0.2) is 0 Å². The summed E-state index contributed by atoms with van der Waals surface area (Å²) in [5.74, 6) is 0. The van der Waals surface area contributed by atoms with Gasteiger partial charge >= 0.3 is 0 Å². The molecule has 1 N–H and O–H groups in total. The lowest BCUT2D eigenvalue weighted by Gasteiger charge is -2.19. The van der Waals surface area contributed by atoms with Crippen LogP contribution in [0, 0.1) is 27.7 Å². The molecule has 2 rings (SSSR count). The summed E-state index contributed by atoms with van der Waals surface area (Å²) in [7, 11) is 0.